The van der Waals surface area contributed by atoms with Crippen molar-refractivity contribution >= 4 is 27.1 Å². The Kier molecular flexibility index (Phi) is 6.89. The summed E-state index contributed by atoms with van der Waals surface area (Å²) in [6.45, 7) is 1.88. The van der Waals surface area contributed by atoms with Gasteiger partial charge in [0.15, 0.2) is 5.75 Å². The molecule has 2 saturated heterocycles. The quantitative estimate of drug-likeness (QED) is 0.597. The predicted octanol–water partition coefficient (Wildman–Crippen LogP) is 1.31. The van der Waals surface area contributed by atoms with E-state index in [1.807, 2.05) is 17.0 Å². The lowest BCUT2D eigenvalue weighted by atomic mass is 10.0. The molecule has 0 aromatic carbocycles. The van der Waals surface area contributed by atoms with Crippen LogP contribution in [-0.2, 0) is 21.2 Å². The van der Waals surface area contributed by atoms with E-state index in [1.165, 1.54) is 7.11 Å². The van der Waals surface area contributed by atoms with Crippen LogP contribution in [0.15, 0.2) is 24.5 Å². The number of methoxy groups -OCH3 is 1. The number of likely N-dealkylation sites (tertiary alicyclic amines) is 1. The molecule has 2 aromatic rings. The largest absolute Gasteiger partial charge is 0.488 e. The van der Waals surface area contributed by atoms with E-state index in [9.17, 15) is 18.3 Å². The monoisotopic (exact) mass is 518 g/mol. The van der Waals surface area contributed by atoms with Gasteiger partial charge in [-0.15, -0.1) is 0 Å². The molecule has 0 radical (unpaired) electrons. The number of carbonyl (C=O) groups excluding carboxylic acids is 1. The van der Waals surface area contributed by atoms with Crippen molar-refractivity contribution in [2.24, 2.45) is 5.92 Å². The van der Waals surface area contributed by atoms with Crippen molar-refractivity contribution in [3.63, 3.8) is 0 Å². The topological polar surface area (TPSA) is 131 Å². The summed E-state index contributed by atoms with van der Waals surface area (Å²) < 4.78 is 40.5. The van der Waals surface area contributed by atoms with Crippen molar-refractivity contribution in [2.75, 3.05) is 49.8 Å². The second-order valence-corrected chi connectivity index (χ2v) is 11.6. The van der Waals surface area contributed by atoms with E-state index >= 15 is 0 Å². The number of aromatic nitrogens is 2. The maximum absolute atomic E-state index is 12.9. The minimum atomic E-state index is -3.00. The molecule has 36 heavy (non-hydrogen) atoms. The van der Waals surface area contributed by atoms with Gasteiger partial charge in [0.05, 0.1) is 62.1 Å². The molecule has 11 nitrogen and oxygen atoms in total. The summed E-state index contributed by atoms with van der Waals surface area (Å²) in [7, 11) is -1.49. The first-order valence-corrected chi connectivity index (χ1v) is 13.9. The van der Waals surface area contributed by atoms with Crippen LogP contribution >= 0.6 is 0 Å². The van der Waals surface area contributed by atoms with Gasteiger partial charge in [0.1, 0.15) is 22.5 Å². The number of fused-ring (bicyclic) bond motifs is 1. The number of carbonyl (C=O) groups is 1. The lowest BCUT2D eigenvalue weighted by Gasteiger charge is -2.31. The third kappa shape index (κ3) is 5.05. The van der Waals surface area contributed by atoms with Crippen molar-refractivity contribution in [3.05, 3.63) is 30.1 Å². The third-order valence-electron chi connectivity index (χ3n) is 6.92. The first-order valence-electron chi connectivity index (χ1n) is 12.1. The van der Waals surface area contributed by atoms with Crippen LogP contribution < -0.4 is 19.1 Å². The fourth-order valence-electron chi connectivity index (χ4n) is 4.96. The molecule has 3 aliphatic heterocycles. The third-order valence-corrected chi connectivity index (χ3v) is 8.63. The normalized spacial score (nSPS) is 21.6. The molecule has 1 unspecified atom stereocenters. The summed E-state index contributed by atoms with van der Waals surface area (Å²) in [5.41, 5.74) is 2.14. The maximum atomic E-state index is 12.9. The van der Waals surface area contributed by atoms with Crippen molar-refractivity contribution in [1.29, 1.82) is 0 Å². The molecular weight excluding hydrogens is 488 g/mol. The summed E-state index contributed by atoms with van der Waals surface area (Å²) in [6.07, 6.45) is 4.57. The van der Waals surface area contributed by atoms with Gasteiger partial charge in [-0.25, -0.2) is 18.4 Å². The van der Waals surface area contributed by atoms with E-state index in [4.69, 9.17) is 14.2 Å². The number of aliphatic hydroxyl groups is 1. The number of hydrogen-bond donors (Lipinski definition) is 1. The molecule has 1 atom stereocenters. The zero-order chi connectivity index (χ0) is 25.3. The highest BCUT2D eigenvalue weighted by atomic mass is 32.2. The van der Waals surface area contributed by atoms with Crippen molar-refractivity contribution < 1.29 is 32.5 Å². The second-order valence-electron chi connectivity index (χ2n) is 9.25. The Morgan fingerprint density at radius 3 is 2.72 bits per heavy atom. The van der Waals surface area contributed by atoms with Gasteiger partial charge in [0.2, 0.25) is 17.7 Å². The Balaban J connectivity index is 1.27. The van der Waals surface area contributed by atoms with E-state index in [1.54, 1.807) is 17.3 Å². The summed E-state index contributed by atoms with van der Waals surface area (Å²) in [4.78, 5) is 25.4. The van der Waals surface area contributed by atoms with Crippen LogP contribution in [-0.4, -0.2) is 85.3 Å². The number of rotatable bonds is 6. The molecule has 1 N–H and O–H groups in total. The molecule has 0 spiro atoms. The number of nitrogens with zero attached hydrogens (tertiary/aromatic N) is 4. The summed E-state index contributed by atoms with van der Waals surface area (Å²) in [6, 6.07) is 3.65. The van der Waals surface area contributed by atoms with Crippen LogP contribution in [0.1, 0.15) is 24.8 Å². The summed E-state index contributed by atoms with van der Waals surface area (Å²) in [5.74, 6) is 1.36. The summed E-state index contributed by atoms with van der Waals surface area (Å²) in [5, 5.41) is 9.69. The zero-order valence-electron chi connectivity index (χ0n) is 20.1. The SMILES string of the molecule is COc1ncc(N2CCOc3cnc(OC4CCN(C(=O)C5CCS(=O)(=O)CC5)C4)cc32)cc1CO. The van der Waals surface area contributed by atoms with Gasteiger partial charge >= 0.3 is 0 Å². The van der Waals surface area contributed by atoms with Crippen LogP contribution in [0.25, 0.3) is 0 Å². The van der Waals surface area contributed by atoms with Crippen LogP contribution in [0, 0.1) is 5.92 Å². The highest BCUT2D eigenvalue weighted by molar-refractivity contribution is 7.91. The molecule has 1 amide bonds. The van der Waals surface area contributed by atoms with Crippen LogP contribution in [0.5, 0.6) is 17.5 Å². The van der Waals surface area contributed by atoms with Gasteiger partial charge in [-0.3, -0.25) is 4.79 Å². The summed E-state index contributed by atoms with van der Waals surface area (Å²) >= 11 is 0. The molecule has 0 bridgehead atoms. The Morgan fingerprint density at radius 1 is 1.17 bits per heavy atom. The Hall–Kier alpha value is -3.12. The van der Waals surface area contributed by atoms with Crippen molar-refractivity contribution in [1.82, 2.24) is 14.9 Å². The molecule has 2 aromatic heterocycles. The fraction of sp³-hybridized carbons (Fsp3) is 0.542. The Bertz CT molecular complexity index is 1220. The number of sulfone groups is 1. The lowest BCUT2D eigenvalue weighted by molar-refractivity contribution is -0.135. The Morgan fingerprint density at radius 2 is 1.97 bits per heavy atom. The van der Waals surface area contributed by atoms with Gasteiger partial charge in [0, 0.05) is 30.5 Å². The molecule has 12 heteroatoms. The van der Waals surface area contributed by atoms with Gasteiger partial charge in [-0.05, 0) is 18.9 Å². The lowest BCUT2D eigenvalue weighted by Crippen LogP contribution is -2.39. The number of anilines is 2. The smallest absolute Gasteiger partial charge is 0.225 e. The van der Waals surface area contributed by atoms with Crippen LogP contribution in [0.4, 0.5) is 11.4 Å². The standard InChI is InChI=1S/C24H30N4O7S/c1-33-23-17(15-29)10-18(12-26-23)28-6-7-34-21-13-25-22(11-20(21)28)35-19-2-5-27(14-19)24(30)16-3-8-36(31,32)9-4-16/h10-13,16,19,29H,2-9,14-15H2,1H3. The highest BCUT2D eigenvalue weighted by Gasteiger charge is 2.35. The van der Waals surface area contributed by atoms with Gasteiger partial charge < -0.3 is 29.1 Å². The van der Waals surface area contributed by atoms with E-state index < -0.39 is 9.84 Å². The minimum absolute atomic E-state index is 0.0145. The Labute approximate surface area is 209 Å². The van der Waals surface area contributed by atoms with E-state index in [-0.39, 0.29) is 36.0 Å². The van der Waals surface area contributed by atoms with Gasteiger partial charge in [0.25, 0.3) is 0 Å². The molecular formula is C24H30N4O7S. The van der Waals surface area contributed by atoms with Gasteiger partial charge in [-0.2, -0.15) is 0 Å². The van der Waals surface area contributed by atoms with Crippen molar-refractivity contribution in [3.8, 4) is 17.5 Å². The minimum Gasteiger partial charge on any atom is -0.488 e. The molecule has 3 aliphatic rings. The first kappa shape index (κ1) is 24.6. The molecule has 5 rings (SSSR count). The predicted molar refractivity (Wildman–Crippen MR) is 130 cm³/mol. The average Bonchev–Trinajstić information content (AvgIpc) is 3.36. The first-order chi connectivity index (χ1) is 17.4. The van der Waals surface area contributed by atoms with E-state index in [0.29, 0.717) is 68.6 Å². The second kappa shape index (κ2) is 10.1. The van der Waals surface area contributed by atoms with Crippen molar-refractivity contribution in [2.45, 2.75) is 32.0 Å². The fourth-order valence-corrected chi connectivity index (χ4v) is 6.45. The molecule has 2 fully saturated rings. The average molecular weight is 519 g/mol. The van der Waals surface area contributed by atoms with Crippen LogP contribution in [0.3, 0.4) is 0 Å². The molecule has 0 saturated carbocycles. The molecule has 194 valence electrons. The number of ether oxygens (including phenoxy) is 3. The number of pyridine rings is 2. The highest BCUT2D eigenvalue weighted by Crippen LogP contribution is 2.39. The number of amides is 1. The van der Waals surface area contributed by atoms with Gasteiger partial charge in [-0.1, -0.05) is 0 Å². The van der Waals surface area contributed by atoms with E-state index in [2.05, 4.69) is 9.97 Å². The van der Waals surface area contributed by atoms with Crippen LogP contribution in [0.2, 0.25) is 0 Å². The zero-order valence-corrected chi connectivity index (χ0v) is 20.9. The number of aliphatic hydroxyl groups excluding tert-OH is 1. The maximum Gasteiger partial charge on any atom is 0.225 e. The molecule has 5 heterocycles. The van der Waals surface area contributed by atoms with E-state index in [0.717, 1.165) is 11.4 Å². The number of hydrogen-bond acceptors (Lipinski definition) is 10. The molecule has 0 aliphatic carbocycles.